The van der Waals surface area contributed by atoms with Gasteiger partial charge in [-0.3, -0.25) is 0 Å². The fourth-order valence-corrected chi connectivity index (χ4v) is 2.29. The average Bonchev–Trinajstić information content (AvgIpc) is 2.49. The van der Waals surface area contributed by atoms with Gasteiger partial charge >= 0.3 is 0 Å². The van der Waals surface area contributed by atoms with Crippen molar-refractivity contribution in [3.05, 3.63) is 77.7 Å². The minimum atomic E-state index is -0.241. The summed E-state index contributed by atoms with van der Waals surface area (Å²) in [5.41, 5.74) is 2.67. The summed E-state index contributed by atoms with van der Waals surface area (Å²) in [5.74, 6) is -0.241. The second-order valence-corrected chi connectivity index (χ2v) is 4.65. The first-order chi connectivity index (χ1) is 9.76. The van der Waals surface area contributed by atoms with Crippen LogP contribution in [0.2, 0.25) is 0 Å². The highest BCUT2D eigenvalue weighted by atomic mass is 79.9. The summed E-state index contributed by atoms with van der Waals surface area (Å²) in [4.78, 5) is 0. The predicted octanol–water partition coefficient (Wildman–Crippen LogP) is 0.190. The highest BCUT2D eigenvalue weighted by molar-refractivity contribution is 5.76. The Morgan fingerprint density at radius 1 is 1.05 bits per heavy atom. The number of rotatable bonds is 2. The van der Waals surface area contributed by atoms with E-state index in [0.29, 0.717) is 12.1 Å². The molecule has 1 heterocycles. The zero-order valence-corrected chi connectivity index (χ0v) is 12.7. The lowest BCUT2D eigenvalue weighted by atomic mass is 10.1. The largest absolute Gasteiger partial charge is 1.00 e. The van der Waals surface area contributed by atoms with Crippen LogP contribution in [0.4, 0.5) is 4.39 Å². The van der Waals surface area contributed by atoms with E-state index in [0.717, 1.165) is 16.5 Å². The Hall–Kier alpha value is -2.25. The smallest absolute Gasteiger partial charge is 0.212 e. The highest BCUT2D eigenvalue weighted by Crippen LogP contribution is 2.12. The molecule has 104 valence electrons. The molecule has 1 aromatic heterocycles. The van der Waals surface area contributed by atoms with Crippen LogP contribution in [-0.2, 0) is 6.54 Å². The maximum absolute atomic E-state index is 12.9. The second kappa shape index (κ2) is 6.47. The van der Waals surface area contributed by atoms with Gasteiger partial charge in [0, 0.05) is 17.0 Å². The fraction of sp³-hybridized carbons (Fsp3) is 0.0588. The molecular weight excluding hydrogens is 331 g/mol. The molecule has 3 rings (SSSR count). The van der Waals surface area contributed by atoms with E-state index in [2.05, 4.69) is 6.07 Å². The number of fused-ring (bicyclic) bond motifs is 1. The number of hydrogen-bond acceptors (Lipinski definition) is 1. The monoisotopic (exact) mass is 342 g/mol. The number of pyridine rings is 1. The Kier molecular flexibility index (Phi) is 4.66. The number of para-hydroxylation sites is 1. The molecule has 0 amide bonds. The lowest BCUT2D eigenvalue weighted by Gasteiger charge is -2.02. The summed E-state index contributed by atoms with van der Waals surface area (Å²) in [5, 5.41) is 10.1. The van der Waals surface area contributed by atoms with Gasteiger partial charge in [-0.25, -0.2) is 4.39 Å². The van der Waals surface area contributed by atoms with Crippen molar-refractivity contribution in [2.24, 2.45) is 0 Å². The minimum absolute atomic E-state index is 0. The molecule has 0 spiro atoms. The zero-order chi connectivity index (χ0) is 13.9. The van der Waals surface area contributed by atoms with Crippen LogP contribution < -0.4 is 21.5 Å². The van der Waals surface area contributed by atoms with Crippen molar-refractivity contribution in [1.82, 2.24) is 0 Å². The SMILES string of the molecule is N#Cc1cc2ccccc2[n+](Cc2ccc(F)cc2)c1.[Br-]. The molecular formula is C17H12BrFN2. The van der Waals surface area contributed by atoms with Crippen LogP contribution in [0.1, 0.15) is 11.1 Å². The van der Waals surface area contributed by atoms with Gasteiger partial charge in [0.1, 0.15) is 17.4 Å². The molecule has 0 saturated carbocycles. The first-order valence-corrected chi connectivity index (χ1v) is 6.33. The number of hydrogen-bond donors (Lipinski definition) is 0. The van der Waals surface area contributed by atoms with Gasteiger partial charge in [0.2, 0.25) is 5.52 Å². The Morgan fingerprint density at radius 2 is 1.76 bits per heavy atom. The summed E-state index contributed by atoms with van der Waals surface area (Å²) in [7, 11) is 0. The maximum Gasteiger partial charge on any atom is 0.212 e. The molecule has 0 aliphatic heterocycles. The van der Waals surface area contributed by atoms with E-state index in [-0.39, 0.29) is 22.8 Å². The number of aromatic nitrogens is 1. The zero-order valence-electron chi connectivity index (χ0n) is 11.1. The topological polar surface area (TPSA) is 27.7 Å². The van der Waals surface area contributed by atoms with Crippen molar-refractivity contribution in [1.29, 1.82) is 5.26 Å². The van der Waals surface area contributed by atoms with Gasteiger partial charge in [-0.2, -0.15) is 9.83 Å². The van der Waals surface area contributed by atoms with Crippen LogP contribution in [0.25, 0.3) is 10.9 Å². The molecule has 21 heavy (non-hydrogen) atoms. The molecule has 0 fully saturated rings. The molecule has 0 unspecified atom stereocenters. The molecule has 0 saturated heterocycles. The van der Waals surface area contributed by atoms with Crippen molar-refractivity contribution in [3.63, 3.8) is 0 Å². The maximum atomic E-state index is 12.9. The van der Waals surface area contributed by atoms with E-state index in [1.54, 1.807) is 12.1 Å². The third-order valence-corrected chi connectivity index (χ3v) is 3.25. The standard InChI is InChI=1S/C17H12FN2.BrH/c18-16-7-5-13(6-8-16)11-20-12-14(10-19)9-15-3-1-2-4-17(15)20;/h1-9,12H,11H2;1H/q+1;/p-1. The van der Waals surface area contributed by atoms with Gasteiger partial charge in [-0.05, 0) is 36.4 Å². The molecule has 0 aliphatic carbocycles. The van der Waals surface area contributed by atoms with Gasteiger partial charge in [0.15, 0.2) is 12.7 Å². The summed E-state index contributed by atoms with van der Waals surface area (Å²) < 4.78 is 15.0. The number of nitriles is 1. The molecule has 0 aliphatic rings. The van der Waals surface area contributed by atoms with Gasteiger partial charge < -0.3 is 17.0 Å². The van der Waals surface area contributed by atoms with Crippen molar-refractivity contribution >= 4 is 10.9 Å². The van der Waals surface area contributed by atoms with Crippen molar-refractivity contribution in [3.8, 4) is 6.07 Å². The average molecular weight is 343 g/mol. The Balaban J connectivity index is 0.00000161. The summed E-state index contributed by atoms with van der Waals surface area (Å²) in [6, 6.07) is 18.4. The van der Waals surface area contributed by atoms with E-state index in [1.165, 1.54) is 12.1 Å². The lowest BCUT2D eigenvalue weighted by Crippen LogP contribution is -3.00. The quantitative estimate of drug-likeness (QED) is 0.611. The molecule has 0 radical (unpaired) electrons. The first-order valence-electron chi connectivity index (χ1n) is 6.33. The first kappa shape index (κ1) is 15.1. The molecule has 2 nitrogen and oxygen atoms in total. The Bertz CT molecular complexity index is 807. The predicted molar refractivity (Wildman–Crippen MR) is 74.4 cm³/mol. The van der Waals surface area contributed by atoms with Gasteiger partial charge in [0.25, 0.3) is 0 Å². The summed E-state index contributed by atoms with van der Waals surface area (Å²) >= 11 is 0. The van der Waals surface area contributed by atoms with Crippen molar-refractivity contribution < 1.29 is 25.9 Å². The van der Waals surface area contributed by atoms with E-state index in [1.807, 2.05) is 41.1 Å². The molecule has 3 aromatic rings. The minimum Gasteiger partial charge on any atom is -1.00 e. The van der Waals surface area contributed by atoms with Crippen LogP contribution in [0.5, 0.6) is 0 Å². The van der Waals surface area contributed by atoms with Crippen LogP contribution in [-0.4, -0.2) is 0 Å². The Labute approximate surface area is 132 Å². The van der Waals surface area contributed by atoms with Crippen molar-refractivity contribution in [2.45, 2.75) is 6.54 Å². The van der Waals surface area contributed by atoms with Gasteiger partial charge in [-0.1, -0.05) is 12.1 Å². The summed E-state index contributed by atoms with van der Waals surface area (Å²) in [6.45, 7) is 0.607. The van der Waals surface area contributed by atoms with Crippen molar-refractivity contribution in [2.75, 3.05) is 0 Å². The lowest BCUT2D eigenvalue weighted by molar-refractivity contribution is -0.662. The highest BCUT2D eigenvalue weighted by Gasteiger charge is 2.11. The number of halogens is 2. The molecule has 4 heteroatoms. The third-order valence-electron chi connectivity index (χ3n) is 3.25. The van der Waals surface area contributed by atoms with E-state index >= 15 is 0 Å². The number of benzene rings is 2. The Morgan fingerprint density at radius 3 is 2.48 bits per heavy atom. The molecule has 0 bridgehead atoms. The number of nitrogens with zero attached hydrogens (tertiary/aromatic N) is 2. The fourth-order valence-electron chi connectivity index (χ4n) is 2.29. The molecule has 0 atom stereocenters. The molecule has 2 aromatic carbocycles. The second-order valence-electron chi connectivity index (χ2n) is 4.65. The van der Waals surface area contributed by atoms with E-state index < -0.39 is 0 Å². The van der Waals surface area contributed by atoms with E-state index in [4.69, 9.17) is 5.26 Å². The van der Waals surface area contributed by atoms with Gasteiger partial charge in [0.05, 0.1) is 0 Å². The van der Waals surface area contributed by atoms with E-state index in [9.17, 15) is 4.39 Å². The third kappa shape index (κ3) is 3.26. The van der Waals surface area contributed by atoms with Crippen LogP contribution >= 0.6 is 0 Å². The van der Waals surface area contributed by atoms with Crippen LogP contribution in [0.15, 0.2) is 60.8 Å². The van der Waals surface area contributed by atoms with Gasteiger partial charge in [-0.15, -0.1) is 0 Å². The summed E-state index contributed by atoms with van der Waals surface area (Å²) in [6.07, 6.45) is 1.83. The normalized spacial score (nSPS) is 9.90. The van der Waals surface area contributed by atoms with Crippen LogP contribution in [0, 0.1) is 17.1 Å². The molecule has 0 N–H and O–H groups in total. The van der Waals surface area contributed by atoms with Crippen LogP contribution in [0.3, 0.4) is 0 Å².